The Labute approximate surface area is 246 Å². The summed E-state index contributed by atoms with van der Waals surface area (Å²) in [6.07, 6.45) is 15.9. The number of nitrogens with one attached hydrogen (secondary N) is 2. The number of primary amides is 1. The molecule has 4 saturated carbocycles. The number of carboxylic acids is 1. The summed E-state index contributed by atoms with van der Waals surface area (Å²) in [5.74, 6) is 1.42. The van der Waals surface area contributed by atoms with Crippen molar-refractivity contribution in [1.29, 1.82) is 0 Å². The third-order valence-corrected chi connectivity index (χ3v) is 12.3. The van der Waals surface area contributed by atoms with Gasteiger partial charge in [0.2, 0.25) is 17.7 Å². The molecule has 5 N–H and O–H groups in total. The zero-order chi connectivity index (χ0) is 29.9. The van der Waals surface area contributed by atoms with Gasteiger partial charge in [0, 0.05) is 12.8 Å². The average molecular weight is 574 g/mol. The van der Waals surface area contributed by atoms with Gasteiger partial charge in [-0.15, -0.1) is 0 Å². The van der Waals surface area contributed by atoms with E-state index in [1.165, 1.54) is 64.2 Å². The Kier molecular flexibility index (Phi) is 10.1. The van der Waals surface area contributed by atoms with Crippen LogP contribution in [0.4, 0.5) is 0 Å². The molecule has 0 aromatic heterocycles. The highest BCUT2D eigenvalue weighted by molar-refractivity contribution is 5.90. The maximum Gasteiger partial charge on any atom is 0.326 e. The molecule has 232 valence electrons. The minimum atomic E-state index is -1.23. The molecule has 0 unspecified atom stereocenters. The van der Waals surface area contributed by atoms with Crippen molar-refractivity contribution in [2.24, 2.45) is 52.1 Å². The number of hydrogen-bond donors (Lipinski definition) is 4. The van der Waals surface area contributed by atoms with E-state index in [4.69, 9.17) is 5.73 Å². The van der Waals surface area contributed by atoms with Crippen molar-refractivity contribution in [3.8, 4) is 0 Å². The first-order valence-corrected chi connectivity index (χ1v) is 16.5. The summed E-state index contributed by atoms with van der Waals surface area (Å²) in [5, 5.41) is 14.8. The first-order valence-electron chi connectivity index (χ1n) is 16.5. The summed E-state index contributed by atoms with van der Waals surface area (Å²) in [4.78, 5) is 48.4. The highest BCUT2D eigenvalue weighted by Crippen LogP contribution is 2.67. The summed E-state index contributed by atoms with van der Waals surface area (Å²) >= 11 is 0. The Hall–Kier alpha value is -2.12. The quantitative estimate of drug-likeness (QED) is 0.255. The van der Waals surface area contributed by atoms with Crippen molar-refractivity contribution in [3.05, 3.63) is 0 Å². The van der Waals surface area contributed by atoms with E-state index < -0.39 is 29.9 Å². The Bertz CT molecular complexity index is 984. The molecule has 0 bridgehead atoms. The molecule has 0 heterocycles. The van der Waals surface area contributed by atoms with Gasteiger partial charge < -0.3 is 21.5 Å². The van der Waals surface area contributed by atoms with Crippen molar-refractivity contribution in [3.63, 3.8) is 0 Å². The summed E-state index contributed by atoms with van der Waals surface area (Å²) in [5.41, 5.74) is 6.08. The van der Waals surface area contributed by atoms with E-state index >= 15 is 0 Å². The normalized spacial score (nSPS) is 35.9. The fraction of sp³-hybridized carbons (Fsp3) is 0.879. The Morgan fingerprint density at radius 2 is 1.61 bits per heavy atom. The second kappa shape index (κ2) is 13.0. The largest absolute Gasteiger partial charge is 0.480 e. The molecule has 3 amide bonds. The summed E-state index contributed by atoms with van der Waals surface area (Å²) in [7, 11) is 0. The van der Waals surface area contributed by atoms with E-state index in [2.05, 4.69) is 24.5 Å². The van der Waals surface area contributed by atoms with Crippen LogP contribution < -0.4 is 16.4 Å². The third-order valence-electron chi connectivity index (χ3n) is 12.3. The van der Waals surface area contributed by atoms with Gasteiger partial charge in [0.25, 0.3) is 0 Å². The Morgan fingerprint density at radius 3 is 2.29 bits per heavy atom. The lowest BCUT2D eigenvalue weighted by atomic mass is 9.45. The molecule has 0 aromatic rings. The molecule has 4 aliphatic carbocycles. The number of nitrogens with two attached hydrogens (primary N) is 1. The molecule has 0 aromatic carbocycles. The molecule has 0 radical (unpaired) electrons. The number of fused-ring (bicyclic) bond motifs is 5. The molecule has 9 atom stereocenters. The van der Waals surface area contributed by atoms with Gasteiger partial charge in [-0.25, -0.2) is 4.79 Å². The van der Waals surface area contributed by atoms with Crippen molar-refractivity contribution in [1.82, 2.24) is 10.6 Å². The first-order chi connectivity index (χ1) is 19.4. The molecule has 4 rings (SSSR count). The summed E-state index contributed by atoms with van der Waals surface area (Å²) in [6, 6.07) is -2.06. The van der Waals surface area contributed by atoms with Crippen molar-refractivity contribution >= 4 is 23.7 Å². The van der Waals surface area contributed by atoms with E-state index in [1.54, 1.807) is 0 Å². The number of rotatable bonds is 12. The number of aliphatic carboxylic acids is 1. The monoisotopic (exact) mass is 573 g/mol. The zero-order valence-corrected chi connectivity index (χ0v) is 25.9. The topological polar surface area (TPSA) is 139 Å². The van der Waals surface area contributed by atoms with Crippen LogP contribution in [0.5, 0.6) is 0 Å². The van der Waals surface area contributed by atoms with E-state index in [9.17, 15) is 24.3 Å². The standard InChI is InChI=1S/C33H55N3O5/c1-20(2)29(30(39)35-26(31(40)41)15-16-27(34)37)36-28(38)10-7-9-22-12-14-24-23-13-11-21-8-5-6-18-32(21,3)25(23)17-19-33(22,24)4/h20-26,29H,5-19H2,1-4H3,(H2,34,37)(H,35,39)(H,36,38)(H,40,41)/t21-,22-,23-,24-,25-,26-,29-,32-,33+/m0/s1. The fourth-order valence-electron chi connectivity index (χ4n) is 9.97. The highest BCUT2D eigenvalue weighted by atomic mass is 16.4. The molecule has 0 aliphatic heterocycles. The second-order valence-electron chi connectivity index (χ2n) is 14.8. The molecule has 4 fully saturated rings. The Morgan fingerprint density at radius 1 is 0.878 bits per heavy atom. The van der Waals surface area contributed by atoms with Crippen molar-refractivity contribution in [2.45, 2.75) is 136 Å². The van der Waals surface area contributed by atoms with Crippen molar-refractivity contribution < 1.29 is 24.3 Å². The van der Waals surface area contributed by atoms with Crippen LogP contribution in [0.25, 0.3) is 0 Å². The van der Waals surface area contributed by atoms with Crippen molar-refractivity contribution in [2.75, 3.05) is 0 Å². The maximum atomic E-state index is 12.9. The van der Waals surface area contributed by atoms with Crippen LogP contribution in [0, 0.1) is 46.3 Å². The highest BCUT2D eigenvalue weighted by Gasteiger charge is 2.59. The van der Waals surface area contributed by atoms with E-state index in [1.807, 2.05) is 13.8 Å². The van der Waals surface area contributed by atoms with Crippen LogP contribution in [0.15, 0.2) is 0 Å². The molecule has 4 aliphatic rings. The van der Waals surface area contributed by atoms with Gasteiger partial charge in [0.15, 0.2) is 0 Å². The smallest absolute Gasteiger partial charge is 0.326 e. The van der Waals surface area contributed by atoms with Gasteiger partial charge in [0.05, 0.1) is 0 Å². The average Bonchev–Trinajstić information content (AvgIpc) is 3.24. The van der Waals surface area contributed by atoms with E-state index in [0.717, 1.165) is 36.5 Å². The number of carbonyl (C=O) groups is 4. The summed E-state index contributed by atoms with van der Waals surface area (Å²) < 4.78 is 0. The zero-order valence-electron chi connectivity index (χ0n) is 25.9. The Balaban J connectivity index is 1.28. The first kappa shape index (κ1) is 31.8. The second-order valence-corrected chi connectivity index (χ2v) is 14.8. The lowest BCUT2D eigenvalue weighted by Gasteiger charge is -2.60. The van der Waals surface area contributed by atoms with Crippen LogP contribution in [0.1, 0.15) is 124 Å². The predicted molar refractivity (Wildman–Crippen MR) is 158 cm³/mol. The minimum Gasteiger partial charge on any atom is -0.480 e. The van der Waals surface area contributed by atoms with E-state index in [0.29, 0.717) is 23.2 Å². The van der Waals surface area contributed by atoms with Crippen LogP contribution in [-0.2, 0) is 19.2 Å². The molecule has 8 heteroatoms. The van der Waals surface area contributed by atoms with Gasteiger partial charge in [-0.1, -0.05) is 40.5 Å². The fourth-order valence-corrected chi connectivity index (χ4v) is 9.97. The number of amides is 3. The van der Waals surface area contributed by atoms with Crippen LogP contribution in [0.3, 0.4) is 0 Å². The lowest BCUT2D eigenvalue weighted by Crippen LogP contribution is -2.53. The van der Waals surface area contributed by atoms with Crippen LogP contribution in [0.2, 0.25) is 0 Å². The molecule has 0 spiro atoms. The molecule has 41 heavy (non-hydrogen) atoms. The maximum absolute atomic E-state index is 12.9. The van der Waals surface area contributed by atoms with Gasteiger partial charge in [-0.05, 0) is 117 Å². The minimum absolute atomic E-state index is 0.0856. The molecule has 8 nitrogen and oxygen atoms in total. The molecule has 0 saturated heterocycles. The number of hydrogen-bond acceptors (Lipinski definition) is 4. The van der Waals surface area contributed by atoms with Gasteiger partial charge in [-0.3, -0.25) is 14.4 Å². The third kappa shape index (κ3) is 6.77. The SMILES string of the molecule is CC(C)[C@H](NC(=O)CCC[C@H]1CC[C@H]2[C@@H]3CC[C@@H]4CCCC[C@]4(C)[C@H]3CC[C@]12C)C(=O)N[C@@H](CCC(N)=O)C(=O)O. The van der Waals surface area contributed by atoms with E-state index in [-0.39, 0.29) is 24.7 Å². The lowest BCUT2D eigenvalue weighted by molar-refractivity contribution is -0.142. The van der Waals surface area contributed by atoms with Crippen LogP contribution >= 0.6 is 0 Å². The number of carboxylic acid groups (broad SMARTS) is 1. The van der Waals surface area contributed by atoms with Crippen LogP contribution in [-0.4, -0.2) is 40.9 Å². The predicted octanol–water partition coefficient (Wildman–Crippen LogP) is 5.18. The van der Waals surface area contributed by atoms with Gasteiger partial charge in [0.1, 0.15) is 12.1 Å². The van der Waals surface area contributed by atoms with Gasteiger partial charge in [-0.2, -0.15) is 0 Å². The molecular formula is C33H55N3O5. The molecular weight excluding hydrogens is 518 g/mol. The van der Waals surface area contributed by atoms with Gasteiger partial charge >= 0.3 is 5.97 Å². The number of carbonyl (C=O) groups excluding carboxylic acids is 3. The summed E-state index contributed by atoms with van der Waals surface area (Å²) in [6.45, 7) is 8.83.